The van der Waals surface area contributed by atoms with Gasteiger partial charge in [0.15, 0.2) is 0 Å². The third-order valence-corrected chi connectivity index (χ3v) is 8.20. The molecule has 1 saturated heterocycles. The number of nitrogens with zero attached hydrogens (tertiary/aromatic N) is 2. The van der Waals surface area contributed by atoms with Crippen molar-refractivity contribution in [2.75, 3.05) is 38.2 Å². The zero-order valence-electron chi connectivity index (χ0n) is 20.5. The van der Waals surface area contributed by atoms with Crippen molar-refractivity contribution in [3.63, 3.8) is 0 Å². The molecule has 2 aromatic rings. The van der Waals surface area contributed by atoms with Gasteiger partial charge in [-0.1, -0.05) is 6.92 Å². The summed E-state index contributed by atoms with van der Waals surface area (Å²) in [6.07, 6.45) is 6.08. The second-order valence-corrected chi connectivity index (χ2v) is 10.6. The molecule has 188 valence electrons. The molecule has 0 bridgehead atoms. The van der Waals surface area contributed by atoms with Crippen LogP contribution in [0.1, 0.15) is 63.6 Å². The fraction of sp³-hybridized carbons (Fsp3) is 0.630. The van der Waals surface area contributed by atoms with Crippen molar-refractivity contribution in [3.8, 4) is 5.75 Å². The van der Waals surface area contributed by atoms with Crippen molar-refractivity contribution in [1.29, 1.82) is 0 Å². The van der Waals surface area contributed by atoms with E-state index in [0.29, 0.717) is 36.0 Å². The summed E-state index contributed by atoms with van der Waals surface area (Å²) < 4.78 is 20.8. The minimum Gasteiger partial charge on any atom is -0.497 e. The Labute approximate surface area is 207 Å². The van der Waals surface area contributed by atoms with Gasteiger partial charge in [-0.05, 0) is 105 Å². The second kappa shape index (κ2) is 13.9. The SMILES string of the molecule is CCCSCCCN1CC[C@@H](CC[C@@H](F)c2ccnc3ccc(OC)cc23)[C@H](CCC(=O)O)C1. The fourth-order valence-corrected chi connectivity index (χ4v) is 5.90. The Morgan fingerprint density at radius 3 is 2.91 bits per heavy atom. The number of aliphatic carboxylic acids is 1. The first-order chi connectivity index (χ1) is 16.5. The minimum absolute atomic E-state index is 0.190. The van der Waals surface area contributed by atoms with Gasteiger partial charge < -0.3 is 14.7 Å². The molecule has 0 unspecified atom stereocenters. The van der Waals surface area contributed by atoms with E-state index in [-0.39, 0.29) is 6.42 Å². The molecule has 3 atom stereocenters. The summed E-state index contributed by atoms with van der Waals surface area (Å²) in [7, 11) is 1.61. The Hall–Kier alpha value is -1.86. The molecule has 1 fully saturated rings. The van der Waals surface area contributed by atoms with Gasteiger partial charge >= 0.3 is 5.97 Å². The Morgan fingerprint density at radius 1 is 1.29 bits per heavy atom. The van der Waals surface area contributed by atoms with E-state index in [1.807, 2.05) is 30.0 Å². The number of ether oxygens (including phenoxy) is 1. The fourth-order valence-electron chi connectivity index (χ4n) is 5.07. The average Bonchev–Trinajstić information content (AvgIpc) is 2.85. The third-order valence-electron chi connectivity index (χ3n) is 6.93. The van der Waals surface area contributed by atoms with Crippen molar-refractivity contribution in [3.05, 3.63) is 36.0 Å². The summed E-state index contributed by atoms with van der Waals surface area (Å²) in [5, 5.41) is 10.0. The predicted octanol–water partition coefficient (Wildman–Crippen LogP) is 6.37. The summed E-state index contributed by atoms with van der Waals surface area (Å²) in [6, 6.07) is 7.34. The van der Waals surface area contributed by atoms with Crippen molar-refractivity contribution in [2.24, 2.45) is 11.8 Å². The lowest BCUT2D eigenvalue weighted by atomic mass is 9.79. The van der Waals surface area contributed by atoms with Gasteiger partial charge in [0.1, 0.15) is 11.9 Å². The van der Waals surface area contributed by atoms with Crippen LogP contribution in [0.15, 0.2) is 30.5 Å². The van der Waals surface area contributed by atoms with Crippen molar-refractivity contribution < 1.29 is 19.0 Å². The first-order valence-corrected chi connectivity index (χ1v) is 13.8. The van der Waals surface area contributed by atoms with Gasteiger partial charge in [-0.25, -0.2) is 4.39 Å². The molecule has 7 heteroatoms. The van der Waals surface area contributed by atoms with Crippen molar-refractivity contribution in [1.82, 2.24) is 9.88 Å². The molecule has 2 heterocycles. The molecule has 1 N–H and O–H groups in total. The number of pyridine rings is 1. The second-order valence-electron chi connectivity index (χ2n) is 9.34. The number of halogens is 1. The van der Waals surface area contributed by atoms with E-state index in [0.717, 1.165) is 43.4 Å². The zero-order chi connectivity index (χ0) is 24.3. The van der Waals surface area contributed by atoms with Crippen LogP contribution in [0.4, 0.5) is 4.39 Å². The van der Waals surface area contributed by atoms with Gasteiger partial charge in [-0.15, -0.1) is 0 Å². The molecule has 0 aliphatic carbocycles. The third kappa shape index (κ3) is 7.84. The first-order valence-electron chi connectivity index (χ1n) is 12.6. The van der Waals surface area contributed by atoms with Gasteiger partial charge in [0.05, 0.1) is 12.6 Å². The zero-order valence-corrected chi connectivity index (χ0v) is 21.4. The molecule has 1 aliphatic heterocycles. The van der Waals surface area contributed by atoms with E-state index < -0.39 is 12.1 Å². The monoisotopic (exact) mass is 490 g/mol. The van der Waals surface area contributed by atoms with Gasteiger partial charge in [-0.3, -0.25) is 9.78 Å². The van der Waals surface area contributed by atoms with Crippen molar-refractivity contribution in [2.45, 2.75) is 58.0 Å². The highest BCUT2D eigenvalue weighted by atomic mass is 32.2. The summed E-state index contributed by atoms with van der Waals surface area (Å²) in [5.74, 6) is 3.03. The van der Waals surface area contributed by atoms with Crippen LogP contribution in [0.5, 0.6) is 5.75 Å². The predicted molar refractivity (Wildman–Crippen MR) is 139 cm³/mol. The number of hydrogen-bond donors (Lipinski definition) is 1. The lowest BCUT2D eigenvalue weighted by Gasteiger charge is -2.39. The molecule has 1 aliphatic rings. The Bertz CT molecular complexity index is 913. The van der Waals surface area contributed by atoms with Crippen LogP contribution in [0.2, 0.25) is 0 Å². The van der Waals surface area contributed by atoms with Crippen LogP contribution in [-0.2, 0) is 4.79 Å². The molecule has 0 spiro atoms. The topological polar surface area (TPSA) is 62.7 Å². The Kier molecular flexibility index (Phi) is 10.9. The molecule has 0 radical (unpaired) electrons. The Balaban J connectivity index is 1.59. The normalized spacial score (nSPS) is 19.9. The number of alkyl halides is 1. The highest BCUT2D eigenvalue weighted by Crippen LogP contribution is 2.36. The number of rotatable bonds is 14. The molecule has 1 aromatic heterocycles. The van der Waals surface area contributed by atoms with Crippen LogP contribution in [-0.4, -0.2) is 59.2 Å². The number of fused-ring (bicyclic) bond motifs is 1. The number of hydrogen-bond acceptors (Lipinski definition) is 5. The van der Waals surface area contributed by atoms with E-state index in [1.54, 1.807) is 19.4 Å². The van der Waals surface area contributed by atoms with E-state index in [1.165, 1.54) is 24.3 Å². The standard InChI is InChI=1S/C27H39FN2O3S/c1-3-16-34-17-4-14-30-15-12-20(21(19-30)6-10-27(31)32)5-8-25(28)23-11-13-29-26-9-7-22(33-2)18-24(23)26/h7,9,11,13,18,20-21,25H,3-6,8,10,12,14-17,19H2,1-2H3,(H,31,32)/t20-,21-,25-/m1/s1. The Morgan fingerprint density at radius 2 is 2.15 bits per heavy atom. The number of thioether (sulfide) groups is 1. The van der Waals surface area contributed by atoms with E-state index in [9.17, 15) is 9.90 Å². The minimum atomic E-state index is -1.08. The highest BCUT2D eigenvalue weighted by Gasteiger charge is 2.30. The molecule has 5 nitrogen and oxygen atoms in total. The molecule has 34 heavy (non-hydrogen) atoms. The number of benzene rings is 1. The van der Waals surface area contributed by atoms with Crippen LogP contribution >= 0.6 is 11.8 Å². The number of likely N-dealkylation sites (tertiary alicyclic amines) is 1. The quantitative estimate of drug-likeness (QED) is 0.311. The largest absolute Gasteiger partial charge is 0.497 e. The highest BCUT2D eigenvalue weighted by molar-refractivity contribution is 7.99. The molecule has 1 aromatic carbocycles. The summed E-state index contributed by atoms with van der Waals surface area (Å²) in [4.78, 5) is 18.1. The summed E-state index contributed by atoms with van der Waals surface area (Å²) >= 11 is 2.01. The number of carboxylic acid groups (broad SMARTS) is 1. The maximum atomic E-state index is 15.5. The molecule has 0 amide bonds. The molecular weight excluding hydrogens is 451 g/mol. The lowest BCUT2D eigenvalue weighted by molar-refractivity contribution is -0.137. The lowest BCUT2D eigenvalue weighted by Crippen LogP contribution is -2.41. The van der Waals surface area contributed by atoms with E-state index in [4.69, 9.17) is 4.74 Å². The number of piperidine rings is 1. The number of carbonyl (C=O) groups is 1. The van der Waals surface area contributed by atoms with Gasteiger partial charge in [-0.2, -0.15) is 11.8 Å². The molecular formula is C27H39FN2O3S. The van der Waals surface area contributed by atoms with E-state index in [2.05, 4.69) is 16.8 Å². The number of carboxylic acids is 1. The van der Waals surface area contributed by atoms with E-state index >= 15 is 4.39 Å². The van der Waals surface area contributed by atoms with Gasteiger partial charge in [0.2, 0.25) is 0 Å². The maximum Gasteiger partial charge on any atom is 0.303 e. The average molecular weight is 491 g/mol. The first kappa shape index (κ1) is 26.7. The molecule has 3 rings (SSSR count). The van der Waals surface area contributed by atoms with Crippen molar-refractivity contribution >= 4 is 28.6 Å². The van der Waals surface area contributed by atoms with Gasteiger partial charge in [0.25, 0.3) is 0 Å². The smallest absolute Gasteiger partial charge is 0.303 e. The number of methoxy groups -OCH3 is 1. The summed E-state index contributed by atoms with van der Waals surface area (Å²) in [5.41, 5.74) is 1.43. The summed E-state index contributed by atoms with van der Waals surface area (Å²) in [6.45, 7) is 5.24. The maximum absolute atomic E-state index is 15.5. The van der Waals surface area contributed by atoms with Crippen LogP contribution < -0.4 is 4.74 Å². The number of aromatic nitrogens is 1. The van der Waals surface area contributed by atoms with Crippen LogP contribution in [0.25, 0.3) is 10.9 Å². The molecule has 0 saturated carbocycles. The van der Waals surface area contributed by atoms with Gasteiger partial charge in [0, 0.05) is 24.5 Å². The van der Waals surface area contributed by atoms with Crippen LogP contribution in [0, 0.1) is 11.8 Å². The van der Waals surface area contributed by atoms with Crippen LogP contribution in [0.3, 0.4) is 0 Å².